The Balaban J connectivity index is 2.96. The lowest BCUT2D eigenvalue weighted by atomic mass is 10.2. The van der Waals surface area contributed by atoms with E-state index in [1.54, 1.807) is 6.07 Å². The number of anilines is 1. The van der Waals surface area contributed by atoms with E-state index in [1.807, 2.05) is 6.92 Å². The molecule has 0 aliphatic rings. The molecular weight excluding hydrogens is 250 g/mol. The maximum atomic E-state index is 11.0. The monoisotopic (exact) mass is 269 g/mol. The van der Waals surface area contributed by atoms with Gasteiger partial charge in [0.25, 0.3) is 5.69 Å². The second-order valence-corrected chi connectivity index (χ2v) is 3.76. The van der Waals surface area contributed by atoms with Crippen molar-refractivity contribution < 1.29 is 14.4 Å². The van der Waals surface area contributed by atoms with Gasteiger partial charge < -0.3 is 20.1 Å². The van der Waals surface area contributed by atoms with Crippen LogP contribution in [0.2, 0.25) is 0 Å². The van der Waals surface area contributed by atoms with Crippen molar-refractivity contribution in [3.63, 3.8) is 0 Å². The molecule has 0 amide bonds. The van der Waals surface area contributed by atoms with Gasteiger partial charge in [0.2, 0.25) is 0 Å². The summed E-state index contributed by atoms with van der Waals surface area (Å²) in [6.07, 6.45) is 0. The Hall–Kier alpha value is -2.02. The van der Waals surface area contributed by atoms with Gasteiger partial charge >= 0.3 is 0 Å². The van der Waals surface area contributed by atoms with Crippen molar-refractivity contribution in [2.24, 2.45) is 0 Å². The van der Waals surface area contributed by atoms with Crippen LogP contribution in [0.3, 0.4) is 0 Å². The zero-order chi connectivity index (χ0) is 14.3. The molecule has 0 radical (unpaired) electrons. The summed E-state index contributed by atoms with van der Waals surface area (Å²) in [6.45, 7) is 4.17. The molecule has 0 aliphatic carbocycles. The first kappa shape index (κ1) is 15.0. The van der Waals surface area contributed by atoms with Crippen LogP contribution in [0.4, 0.5) is 11.4 Å². The third-order valence-corrected chi connectivity index (χ3v) is 2.57. The molecule has 106 valence electrons. The highest BCUT2D eigenvalue weighted by atomic mass is 16.6. The van der Waals surface area contributed by atoms with Crippen molar-refractivity contribution in [1.82, 2.24) is 5.32 Å². The summed E-state index contributed by atoms with van der Waals surface area (Å²) in [4.78, 5) is 10.6. The SMILES string of the molecule is CCNCCNc1cc(OC)c(OC)cc1[N+](=O)[O-]. The van der Waals surface area contributed by atoms with Gasteiger partial charge in [-0.2, -0.15) is 0 Å². The zero-order valence-electron chi connectivity index (χ0n) is 11.4. The first-order valence-electron chi connectivity index (χ1n) is 5.99. The maximum absolute atomic E-state index is 11.0. The van der Waals surface area contributed by atoms with Crippen LogP contribution >= 0.6 is 0 Å². The van der Waals surface area contributed by atoms with Gasteiger partial charge in [0.1, 0.15) is 5.69 Å². The van der Waals surface area contributed by atoms with Gasteiger partial charge in [-0.25, -0.2) is 0 Å². The number of nitro groups is 1. The Labute approximate surface area is 112 Å². The molecule has 0 fully saturated rings. The molecule has 1 aromatic rings. The Bertz CT molecular complexity index is 437. The number of rotatable bonds is 8. The molecule has 1 aromatic carbocycles. The number of hydrogen-bond donors (Lipinski definition) is 2. The molecule has 7 heteroatoms. The molecule has 0 saturated heterocycles. The third kappa shape index (κ3) is 3.99. The van der Waals surface area contributed by atoms with Crippen molar-refractivity contribution in [3.8, 4) is 11.5 Å². The molecule has 0 heterocycles. The van der Waals surface area contributed by atoms with Gasteiger partial charge in [0.05, 0.1) is 25.2 Å². The summed E-state index contributed by atoms with van der Waals surface area (Å²) in [6, 6.07) is 2.93. The molecule has 0 saturated carbocycles. The second kappa shape index (κ2) is 7.42. The Morgan fingerprint density at radius 2 is 1.84 bits per heavy atom. The van der Waals surface area contributed by atoms with Crippen LogP contribution in [0.25, 0.3) is 0 Å². The Morgan fingerprint density at radius 1 is 1.21 bits per heavy atom. The topological polar surface area (TPSA) is 85.7 Å². The number of nitro benzene ring substituents is 1. The maximum Gasteiger partial charge on any atom is 0.296 e. The average molecular weight is 269 g/mol. The summed E-state index contributed by atoms with van der Waals surface area (Å²) < 4.78 is 10.2. The van der Waals surface area contributed by atoms with E-state index in [0.29, 0.717) is 23.7 Å². The highest BCUT2D eigenvalue weighted by molar-refractivity contribution is 5.68. The Kier molecular flexibility index (Phi) is 5.87. The molecule has 0 aromatic heterocycles. The first-order chi connectivity index (χ1) is 9.13. The minimum atomic E-state index is -0.447. The summed E-state index contributed by atoms with van der Waals surface area (Å²) >= 11 is 0. The highest BCUT2D eigenvalue weighted by Crippen LogP contribution is 2.37. The van der Waals surface area contributed by atoms with E-state index < -0.39 is 4.92 Å². The standard InChI is InChI=1S/C12H19N3O4/c1-4-13-5-6-14-9-7-11(18-2)12(19-3)8-10(9)15(16)17/h7-8,13-14H,4-6H2,1-3H3. The fraction of sp³-hybridized carbons (Fsp3) is 0.500. The lowest BCUT2D eigenvalue weighted by molar-refractivity contribution is -0.384. The predicted molar refractivity (Wildman–Crippen MR) is 73.2 cm³/mol. The van der Waals surface area contributed by atoms with E-state index in [1.165, 1.54) is 20.3 Å². The van der Waals surface area contributed by atoms with Crippen LogP contribution in [-0.4, -0.2) is 38.8 Å². The summed E-state index contributed by atoms with van der Waals surface area (Å²) in [7, 11) is 2.94. The minimum Gasteiger partial charge on any atom is -0.493 e. The van der Waals surface area contributed by atoms with Gasteiger partial charge in [-0.1, -0.05) is 6.92 Å². The number of hydrogen-bond acceptors (Lipinski definition) is 6. The Morgan fingerprint density at radius 3 is 2.37 bits per heavy atom. The lowest BCUT2D eigenvalue weighted by Gasteiger charge is -2.12. The number of benzene rings is 1. The molecule has 0 aliphatic heterocycles. The summed E-state index contributed by atoms with van der Waals surface area (Å²) in [5, 5.41) is 17.2. The molecule has 0 spiro atoms. The number of methoxy groups -OCH3 is 2. The van der Waals surface area contributed by atoms with Crippen LogP contribution in [-0.2, 0) is 0 Å². The van der Waals surface area contributed by atoms with Crippen LogP contribution in [0.15, 0.2) is 12.1 Å². The zero-order valence-corrected chi connectivity index (χ0v) is 11.4. The molecule has 0 unspecified atom stereocenters. The van der Waals surface area contributed by atoms with E-state index in [-0.39, 0.29) is 5.69 Å². The third-order valence-electron chi connectivity index (χ3n) is 2.57. The summed E-state index contributed by atoms with van der Waals surface area (Å²) in [5.74, 6) is 0.797. The van der Waals surface area contributed by atoms with E-state index in [4.69, 9.17) is 9.47 Å². The van der Waals surface area contributed by atoms with Crippen molar-refractivity contribution >= 4 is 11.4 Å². The second-order valence-electron chi connectivity index (χ2n) is 3.76. The van der Waals surface area contributed by atoms with Gasteiger partial charge in [-0.05, 0) is 6.54 Å². The van der Waals surface area contributed by atoms with Gasteiger partial charge in [-0.3, -0.25) is 10.1 Å². The lowest BCUT2D eigenvalue weighted by Crippen LogP contribution is -2.21. The van der Waals surface area contributed by atoms with Crippen molar-refractivity contribution in [2.45, 2.75) is 6.92 Å². The van der Waals surface area contributed by atoms with E-state index in [2.05, 4.69) is 10.6 Å². The van der Waals surface area contributed by atoms with Gasteiger partial charge in [-0.15, -0.1) is 0 Å². The van der Waals surface area contributed by atoms with E-state index >= 15 is 0 Å². The molecule has 0 bridgehead atoms. The quantitative estimate of drug-likeness (QED) is 0.424. The highest BCUT2D eigenvalue weighted by Gasteiger charge is 2.19. The van der Waals surface area contributed by atoms with Crippen molar-refractivity contribution in [3.05, 3.63) is 22.2 Å². The summed E-state index contributed by atoms with van der Waals surface area (Å²) in [5.41, 5.74) is 0.384. The predicted octanol–water partition coefficient (Wildman–Crippen LogP) is 1.63. The van der Waals surface area contributed by atoms with Crippen LogP contribution in [0.5, 0.6) is 11.5 Å². The molecule has 19 heavy (non-hydrogen) atoms. The molecule has 7 nitrogen and oxygen atoms in total. The first-order valence-corrected chi connectivity index (χ1v) is 5.99. The molecule has 1 rings (SSSR count). The number of nitrogens with zero attached hydrogens (tertiary/aromatic N) is 1. The van der Waals surface area contributed by atoms with Crippen LogP contribution in [0.1, 0.15) is 6.92 Å². The minimum absolute atomic E-state index is 0.0332. The van der Waals surface area contributed by atoms with Crippen LogP contribution < -0.4 is 20.1 Å². The van der Waals surface area contributed by atoms with E-state index in [9.17, 15) is 10.1 Å². The largest absolute Gasteiger partial charge is 0.493 e. The molecular formula is C12H19N3O4. The number of ether oxygens (including phenoxy) is 2. The van der Waals surface area contributed by atoms with Gasteiger partial charge in [0.15, 0.2) is 11.5 Å². The normalized spacial score (nSPS) is 10.1. The van der Waals surface area contributed by atoms with Crippen LogP contribution in [0, 0.1) is 10.1 Å². The van der Waals surface area contributed by atoms with Gasteiger partial charge in [0, 0.05) is 19.2 Å². The number of nitrogens with one attached hydrogen (secondary N) is 2. The molecule has 2 N–H and O–H groups in total. The van der Waals surface area contributed by atoms with E-state index in [0.717, 1.165) is 13.1 Å². The smallest absolute Gasteiger partial charge is 0.296 e. The number of likely N-dealkylation sites (N-methyl/N-ethyl adjacent to an activating group) is 1. The fourth-order valence-electron chi connectivity index (χ4n) is 1.62. The van der Waals surface area contributed by atoms with Crippen molar-refractivity contribution in [1.29, 1.82) is 0 Å². The average Bonchev–Trinajstić information content (AvgIpc) is 2.42. The fourth-order valence-corrected chi connectivity index (χ4v) is 1.62. The van der Waals surface area contributed by atoms with Crippen molar-refractivity contribution in [2.75, 3.05) is 39.2 Å². The molecule has 0 atom stereocenters.